The highest BCUT2D eigenvalue weighted by atomic mass is 31.2. The van der Waals surface area contributed by atoms with Crippen molar-refractivity contribution in [3.8, 4) is 0 Å². The van der Waals surface area contributed by atoms with E-state index in [2.05, 4.69) is 0 Å². The van der Waals surface area contributed by atoms with Crippen LogP contribution in [0.25, 0.3) is 0 Å². The summed E-state index contributed by atoms with van der Waals surface area (Å²) in [7, 11) is -2.95. The molecule has 0 aliphatic heterocycles. The predicted molar refractivity (Wildman–Crippen MR) is 43.3 cm³/mol. The van der Waals surface area contributed by atoms with Crippen LogP contribution in [0.5, 0.6) is 0 Å². The number of nitrogens with zero attached hydrogens (tertiary/aromatic N) is 1. The van der Waals surface area contributed by atoms with Gasteiger partial charge in [-0.15, -0.1) is 0 Å². The molecular weight excluding hydrogens is 149 g/mol. The summed E-state index contributed by atoms with van der Waals surface area (Å²) < 4.78 is 12.8. The van der Waals surface area contributed by atoms with E-state index >= 15 is 0 Å². The third-order valence-electron chi connectivity index (χ3n) is 1.58. The van der Waals surface area contributed by atoms with Crippen molar-refractivity contribution in [1.29, 1.82) is 0 Å². The molecule has 0 aromatic heterocycles. The van der Waals surface area contributed by atoms with Gasteiger partial charge in [0.2, 0.25) is 0 Å². The van der Waals surface area contributed by atoms with Gasteiger partial charge in [0, 0.05) is 19.3 Å². The molecule has 0 bridgehead atoms. The Labute approximate surface area is 62.6 Å². The van der Waals surface area contributed by atoms with E-state index in [1.807, 2.05) is 13.8 Å². The Morgan fingerprint density at radius 2 is 1.70 bits per heavy atom. The molecule has 1 N–H and O–H groups in total. The average molecular weight is 165 g/mol. The molecule has 1 unspecified atom stereocenters. The molecule has 0 aliphatic rings. The van der Waals surface area contributed by atoms with Crippen molar-refractivity contribution in [2.75, 3.05) is 19.3 Å². The third-order valence-corrected chi connectivity index (χ3v) is 3.86. The smallest absolute Gasteiger partial charge is 0.269 e. The van der Waals surface area contributed by atoms with E-state index in [1.54, 1.807) is 11.6 Å². The molecule has 0 aromatic rings. The van der Waals surface area contributed by atoms with E-state index in [-0.39, 0.29) is 0 Å². The zero-order valence-corrected chi connectivity index (χ0v) is 7.77. The Morgan fingerprint density at radius 3 is 1.80 bits per heavy atom. The van der Waals surface area contributed by atoms with Crippen molar-refractivity contribution in [3.05, 3.63) is 0 Å². The molecule has 0 spiro atoms. The molecule has 62 valence electrons. The zero-order valence-electron chi connectivity index (χ0n) is 6.87. The minimum absolute atomic E-state index is 0.342. The highest BCUT2D eigenvalue weighted by molar-refractivity contribution is 7.55. The number of hydrogen-bond donors (Lipinski definition) is 1. The molecule has 0 rings (SSSR count). The lowest BCUT2D eigenvalue weighted by atomic mass is 10.7. The van der Waals surface area contributed by atoms with Gasteiger partial charge in [0.05, 0.1) is 0 Å². The second kappa shape index (κ2) is 4.12. The van der Waals surface area contributed by atoms with Crippen molar-refractivity contribution in [2.45, 2.75) is 20.8 Å². The summed E-state index contributed by atoms with van der Waals surface area (Å²) in [4.78, 5) is 9.26. The third kappa shape index (κ3) is 2.41. The summed E-state index contributed by atoms with van der Waals surface area (Å²) in [5, 5.41) is 0. The number of hydrogen-bond acceptors (Lipinski definition) is 1. The first kappa shape index (κ1) is 10.2. The maximum Gasteiger partial charge on any atom is 0.269 e. The van der Waals surface area contributed by atoms with Gasteiger partial charge in [-0.1, -0.05) is 20.8 Å². The maximum absolute atomic E-state index is 11.2. The van der Waals surface area contributed by atoms with Crippen LogP contribution in [-0.2, 0) is 4.57 Å². The van der Waals surface area contributed by atoms with E-state index in [9.17, 15) is 9.46 Å². The van der Waals surface area contributed by atoms with Crippen LogP contribution in [0.2, 0.25) is 0 Å². The Hall–Kier alpha value is 0.150. The van der Waals surface area contributed by atoms with E-state index in [0.717, 1.165) is 0 Å². The molecule has 0 radical (unpaired) electrons. The highest BCUT2D eigenvalue weighted by Gasteiger charge is 2.21. The van der Waals surface area contributed by atoms with Crippen LogP contribution in [0.3, 0.4) is 0 Å². The van der Waals surface area contributed by atoms with Gasteiger partial charge in [0.1, 0.15) is 0 Å². The van der Waals surface area contributed by atoms with Crippen LogP contribution in [-0.4, -0.2) is 28.8 Å². The van der Waals surface area contributed by atoms with E-state index < -0.39 is 7.52 Å². The minimum atomic E-state index is -2.95. The SMILES string of the molecule is CCN(CC)P(=O)(O)CC. The molecule has 1 atom stereocenters. The number of rotatable bonds is 4. The van der Waals surface area contributed by atoms with Gasteiger partial charge in [0.15, 0.2) is 0 Å². The Morgan fingerprint density at radius 1 is 1.30 bits per heavy atom. The van der Waals surface area contributed by atoms with Crippen LogP contribution >= 0.6 is 7.52 Å². The van der Waals surface area contributed by atoms with Gasteiger partial charge in [-0.25, -0.2) is 4.67 Å². The lowest BCUT2D eigenvalue weighted by Crippen LogP contribution is -2.20. The fourth-order valence-corrected chi connectivity index (χ4v) is 2.15. The minimum Gasteiger partial charge on any atom is -0.333 e. The zero-order chi connectivity index (χ0) is 8.20. The second-order valence-corrected chi connectivity index (χ2v) is 4.65. The van der Waals surface area contributed by atoms with Crippen LogP contribution in [0.4, 0.5) is 0 Å². The Kier molecular flexibility index (Phi) is 4.18. The first-order valence-electron chi connectivity index (χ1n) is 3.65. The molecule has 0 aliphatic carbocycles. The average Bonchev–Trinajstić information content (AvgIpc) is 1.90. The lowest BCUT2D eigenvalue weighted by Gasteiger charge is -2.23. The maximum atomic E-state index is 11.2. The van der Waals surface area contributed by atoms with E-state index in [0.29, 0.717) is 19.3 Å². The summed E-state index contributed by atoms with van der Waals surface area (Å²) in [6, 6.07) is 0. The largest absolute Gasteiger partial charge is 0.333 e. The summed E-state index contributed by atoms with van der Waals surface area (Å²) >= 11 is 0. The Balaban J connectivity index is 4.12. The first-order valence-corrected chi connectivity index (χ1v) is 5.45. The standard InChI is InChI=1S/C6H16NO2P/c1-4-7(5-2)10(8,9)6-3/h4-6H2,1-3H3,(H,8,9). The van der Waals surface area contributed by atoms with E-state index in [4.69, 9.17) is 0 Å². The molecule has 0 heterocycles. The molecule has 0 amide bonds. The normalized spacial score (nSPS) is 17.3. The fraction of sp³-hybridized carbons (Fsp3) is 1.00. The van der Waals surface area contributed by atoms with Crippen LogP contribution in [0.1, 0.15) is 20.8 Å². The molecule has 0 saturated carbocycles. The van der Waals surface area contributed by atoms with Gasteiger partial charge in [-0.2, -0.15) is 0 Å². The fourth-order valence-electron chi connectivity index (χ4n) is 0.866. The second-order valence-electron chi connectivity index (χ2n) is 2.12. The van der Waals surface area contributed by atoms with Crippen LogP contribution in [0.15, 0.2) is 0 Å². The molecule has 0 saturated heterocycles. The van der Waals surface area contributed by atoms with Crippen LogP contribution < -0.4 is 0 Å². The van der Waals surface area contributed by atoms with Gasteiger partial charge in [0.25, 0.3) is 7.52 Å². The summed E-state index contributed by atoms with van der Waals surface area (Å²) in [6.45, 7) is 6.82. The van der Waals surface area contributed by atoms with Crippen molar-refractivity contribution >= 4 is 7.52 Å². The molecule has 3 nitrogen and oxygen atoms in total. The summed E-state index contributed by atoms with van der Waals surface area (Å²) in [5.74, 6) is 0. The quantitative estimate of drug-likeness (QED) is 0.642. The van der Waals surface area contributed by atoms with E-state index in [1.165, 1.54) is 0 Å². The molecule has 4 heteroatoms. The van der Waals surface area contributed by atoms with Crippen molar-refractivity contribution in [2.24, 2.45) is 0 Å². The topological polar surface area (TPSA) is 40.5 Å². The van der Waals surface area contributed by atoms with Gasteiger partial charge >= 0.3 is 0 Å². The summed E-state index contributed by atoms with van der Waals surface area (Å²) in [5.41, 5.74) is 0. The van der Waals surface area contributed by atoms with Crippen molar-refractivity contribution < 1.29 is 9.46 Å². The first-order chi connectivity index (χ1) is 4.58. The van der Waals surface area contributed by atoms with Crippen molar-refractivity contribution in [3.63, 3.8) is 0 Å². The van der Waals surface area contributed by atoms with Crippen LogP contribution in [0, 0.1) is 0 Å². The van der Waals surface area contributed by atoms with Crippen molar-refractivity contribution in [1.82, 2.24) is 4.67 Å². The molecule has 0 fully saturated rings. The highest BCUT2D eigenvalue weighted by Crippen LogP contribution is 2.43. The lowest BCUT2D eigenvalue weighted by molar-refractivity contribution is 0.366. The Bertz CT molecular complexity index is 134. The monoisotopic (exact) mass is 165 g/mol. The summed E-state index contributed by atoms with van der Waals surface area (Å²) in [6.07, 6.45) is 0.342. The van der Waals surface area contributed by atoms with Gasteiger partial charge < -0.3 is 4.89 Å². The predicted octanol–water partition coefficient (Wildman–Crippen LogP) is 1.53. The molecular formula is C6H16NO2P. The molecule has 10 heavy (non-hydrogen) atoms. The molecule has 0 aromatic carbocycles. The van der Waals surface area contributed by atoms with Gasteiger partial charge in [-0.05, 0) is 0 Å². The van der Waals surface area contributed by atoms with Gasteiger partial charge in [-0.3, -0.25) is 4.57 Å².